The summed E-state index contributed by atoms with van der Waals surface area (Å²) in [6.45, 7) is 2.52. The molecule has 2 atom stereocenters. The molecule has 0 bridgehead atoms. The molecule has 0 amide bonds. The molecular weight excluding hydrogens is 342 g/mol. The van der Waals surface area contributed by atoms with E-state index in [0.717, 1.165) is 26.5 Å². The third-order valence-electron chi connectivity index (χ3n) is 4.39. The van der Waals surface area contributed by atoms with E-state index in [0.29, 0.717) is 12.5 Å². The first-order valence-corrected chi connectivity index (χ1v) is 9.71. The van der Waals surface area contributed by atoms with E-state index in [2.05, 4.69) is 12.1 Å². The molecular formula is C22H19NO2S. The van der Waals surface area contributed by atoms with E-state index in [1.807, 2.05) is 73.7 Å². The number of benzene rings is 3. The molecule has 26 heavy (non-hydrogen) atoms. The highest BCUT2D eigenvalue weighted by atomic mass is 32.2. The molecule has 2 unspecified atom stereocenters. The monoisotopic (exact) mass is 361 g/mol. The Morgan fingerprint density at radius 3 is 2.38 bits per heavy atom. The third-order valence-corrected chi connectivity index (χ3v) is 5.84. The van der Waals surface area contributed by atoms with Crippen LogP contribution in [0, 0.1) is 6.92 Å². The lowest BCUT2D eigenvalue weighted by atomic mass is 10.1. The number of aryl methyl sites for hydroxylation is 1. The molecule has 0 radical (unpaired) electrons. The normalized spacial score (nSPS) is 17.4. The second-order valence-corrected chi connectivity index (χ2v) is 7.70. The summed E-state index contributed by atoms with van der Waals surface area (Å²) in [5.74, 6) is 0.565. The van der Waals surface area contributed by atoms with E-state index in [4.69, 9.17) is 9.73 Å². The summed E-state index contributed by atoms with van der Waals surface area (Å²) in [7, 11) is -1.28. The Labute approximate surface area is 155 Å². The van der Waals surface area contributed by atoms with Gasteiger partial charge in [-0.3, -0.25) is 0 Å². The highest BCUT2D eigenvalue weighted by molar-refractivity contribution is 7.85. The first kappa shape index (κ1) is 16.7. The van der Waals surface area contributed by atoms with E-state index in [1.165, 1.54) is 0 Å². The van der Waals surface area contributed by atoms with Gasteiger partial charge in [0, 0.05) is 4.90 Å². The maximum atomic E-state index is 13.1. The van der Waals surface area contributed by atoms with Gasteiger partial charge in [0.15, 0.2) is 0 Å². The molecule has 0 aromatic heterocycles. The van der Waals surface area contributed by atoms with Crippen molar-refractivity contribution < 1.29 is 8.95 Å². The van der Waals surface area contributed by atoms with Crippen LogP contribution in [0.5, 0.6) is 0 Å². The molecule has 0 N–H and O–H groups in total. The number of aliphatic imine (C=N–C) groups is 1. The zero-order valence-corrected chi connectivity index (χ0v) is 15.3. The maximum Gasteiger partial charge on any atom is 0.218 e. The second-order valence-electron chi connectivity index (χ2n) is 6.25. The van der Waals surface area contributed by atoms with E-state index in [-0.39, 0.29) is 6.04 Å². The molecule has 0 fully saturated rings. The lowest BCUT2D eigenvalue weighted by Gasteiger charge is -2.09. The van der Waals surface area contributed by atoms with Crippen molar-refractivity contribution >= 4 is 16.7 Å². The minimum atomic E-state index is -1.28. The number of hydrogen-bond acceptors (Lipinski definition) is 3. The Kier molecular flexibility index (Phi) is 4.67. The molecule has 4 rings (SSSR count). The highest BCUT2D eigenvalue weighted by Gasteiger charge is 2.24. The van der Waals surface area contributed by atoms with E-state index < -0.39 is 10.8 Å². The molecule has 0 aliphatic carbocycles. The van der Waals surface area contributed by atoms with Gasteiger partial charge < -0.3 is 4.74 Å². The van der Waals surface area contributed by atoms with Crippen molar-refractivity contribution in [1.82, 2.24) is 0 Å². The van der Waals surface area contributed by atoms with Crippen molar-refractivity contribution in [2.45, 2.75) is 22.8 Å². The van der Waals surface area contributed by atoms with Gasteiger partial charge in [0.05, 0.1) is 21.3 Å². The molecule has 1 aliphatic heterocycles. The van der Waals surface area contributed by atoms with Gasteiger partial charge in [0.1, 0.15) is 12.6 Å². The SMILES string of the molecule is Cc1ccc(S(=O)c2ccccc2C2=NC(c3ccccc3)CO2)cc1. The quantitative estimate of drug-likeness (QED) is 0.677. The third kappa shape index (κ3) is 3.33. The Balaban J connectivity index is 1.68. The number of rotatable bonds is 4. The van der Waals surface area contributed by atoms with Crippen LogP contribution in [0.4, 0.5) is 0 Å². The summed E-state index contributed by atoms with van der Waals surface area (Å²) >= 11 is 0. The summed E-state index contributed by atoms with van der Waals surface area (Å²) in [5, 5.41) is 0. The van der Waals surface area contributed by atoms with Crippen LogP contribution < -0.4 is 0 Å². The van der Waals surface area contributed by atoms with Gasteiger partial charge in [-0.2, -0.15) is 0 Å². The van der Waals surface area contributed by atoms with Crippen molar-refractivity contribution in [3.63, 3.8) is 0 Å². The van der Waals surface area contributed by atoms with E-state index in [1.54, 1.807) is 0 Å². The lowest BCUT2D eigenvalue weighted by molar-refractivity contribution is 0.319. The first-order valence-electron chi connectivity index (χ1n) is 8.56. The van der Waals surface area contributed by atoms with Gasteiger partial charge in [-0.15, -0.1) is 0 Å². The topological polar surface area (TPSA) is 38.7 Å². The smallest absolute Gasteiger partial charge is 0.218 e. The molecule has 3 nitrogen and oxygen atoms in total. The van der Waals surface area contributed by atoms with Gasteiger partial charge >= 0.3 is 0 Å². The van der Waals surface area contributed by atoms with Crippen LogP contribution >= 0.6 is 0 Å². The average molecular weight is 361 g/mol. The van der Waals surface area contributed by atoms with Gasteiger partial charge in [0.25, 0.3) is 0 Å². The molecule has 1 heterocycles. The zero-order valence-electron chi connectivity index (χ0n) is 14.5. The molecule has 0 spiro atoms. The van der Waals surface area contributed by atoms with Crippen LogP contribution in [0.25, 0.3) is 0 Å². The van der Waals surface area contributed by atoms with Crippen molar-refractivity contribution in [2.24, 2.45) is 4.99 Å². The number of ether oxygens (including phenoxy) is 1. The van der Waals surface area contributed by atoms with Crippen LogP contribution in [0.15, 0.2) is 93.6 Å². The summed E-state index contributed by atoms with van der Waals surface area (Å²) in [4.78, 5) is 6.24. The van der Waals surface area contributed by atoms with Crippen LogP contribution in [-0.4, -0.2) is 16.7 Å². The van der Waals surface area contributed by atoms with Crippen molar-refractivity contribution in [3.8, 4) is 0 Å². The molecule has 0 saturated heterocycles. The summed E-state index contributed by atoms with van der Waals surface area (Å²) in [6.07, 6.45) is 0. The molecule has 4 heteroatoms. The van der Waals surface area contributed by atoms with Crippen LogP contribution in [0.1, 0.15) is 22.7 Å². The molecule has 3 aromatic rings. The Bertz CT molecular complexity index is 965. The van der Waals surface area contributed by atoms with E-state index >= 15 is 0 Å². The highest BCUT2D eigenvalue weighted by Crippen LogP contribution is 2.28. The number of hydrogen-bond donors (Lipinski definition) is 0. The Morgan fingerprint density at radius 1 is 0.923 bits per heavy atom. The fraction of sp³-hybridized carbons (Fsp3) is 0.136. The van der Waals surface area contributed by atoms with Gasteiger partial charge in [-0.1, -0.05) is 60.2 Å². The molecule has 1 aliphatic rings. The summed E-state index contributed by atoms with van der Waals surface area (Å²) in [6, 6.07) is 25.5. The predicted molar refractivity (Wildman–Crippen MR) is 104 cm³/mol. The average Bonchev–Trinajstić information content (AvgIpc) is 3.19. The zero-order chi connectivity index (χ0) is 17.9. The standard InChI is InChI=1S/C22H19NO2S/c1-16-11-13-18(14-12-16)26(24)21-10-6-5-9-19(21)22-23-20(15-25-22)17-7-3-2-4-8-17/h2-14,20H,15H2,1H3. The second kappa shape index (κ2) is 7.26. The Hall–Kier alpha value is -2.72. The Morgan fingerprint density at radius 2 is 1.62 bits per heavy atom. The maximum absolute atomic E-state index is 13.1. The van der Waals surface area contributed by atoms with Gasteiger partial charge in [0.2, 0.25) is 5.90 Å². The largest absolute Gasteiger partial charge is 0.475 e. The minimum Gasteiger partial charge on any atom is -0.475 e. The van der Waals surface area contributed by atoms with Crippen molar-refractivity contribution in [2.75, 3.05) is 6.61 Å². The fourth-order valence-corrected chi connectivity index (χ4v) is 4.16. The van der Waals surface area contributed by atoms with Crippen LogP contribution in [-0.2, 0) is 15.5 Å². The van der Waals surface area contributed by atoms with Crippen LogP contribution in [0.3, 0.4) is 0 Å². The van der Waals surface area contributed by atoms with Crippen LogP contribution in [0.2, 0.25) is 0 Å². The molecule has 0 saturated carbocycles. The van der Waals surface area contributed by atoms with Gasteiger partial charge in [-0.25, -0.2) is 9.20 Å². The number of nitrogens with zero attached hydrogens (tertiary/aromatic N) is 1. The van der Waals surface area contributed by atoms with E-state index in [9.17, 15) is 4.21 Å². The van der Waals surface area contributed by atoms with Gasteiger partial charge in [-0.05, 0) is 36.8 Å². The summed E-state index contributed by atoms with van der Waals surface area (Å²) in [5.41, 5.74) is 3.07. The summed E-state index contributed by atoms with van der Waals surface area (Å²) < 4.78 is 19.0. The van der Waals surface area contributed by atoms with Crippen molar-refractivity contribution in [3.05, 3.63) is 95.6 Å². The fourth-order valence-electron chi connectivity index (χ4n) is 2.96. The molecule has 130 valence electrons. The predicted octanol–water partition coefficient (Wildman–Crippen LogP) is 4.68. The minimum absolute atomic E-state index is 0.0212. The first-order chi connectivity index (χ1) is 12.7. The van der Waals surface area contributed by atoms with Crippen molar-refractivity contribution in [1.29, 1.82) is 0 Å². The lowest BCUT2D eigenvalue weighted by Crippen LogP contribution is -2.07. The molecule has 3 aromatic carbocycles.